The van der Waals surface area contributed by atoms with Gasteiger partial charge in [0.25, 0.3) is 0 Å². The van der Waals surface area contributed by atoms with E-state index in [1.54, 1.807) is 0 Å². The van der Waals surface area contributed by atoms with Crippen LogP contribution in [0.2, 0.25) is 0 Å². The second-order valence-corrected chi connectivity index (χ2v) is 18.8. The van der Waals surface area contributed by atoms with Crippen molar-refractivity contribution >= 4 is 0 Å². The van der Waals surface area contributed by atoms with Crippen molar-refractivity contribution in [1.29, 1.82) is 0 Å². The number of ether oxygens (including phenoxy) is 5. The van der Waals surface area contributed by atoms with E-state index in [9.17, 15) is 46.0 Å². The first-order valence-electron chi connectivity index (χ1n) is 20.3. The molecule has 0 spiro atoms. The van der Waals surface area contributed by atoms with Crippen LogP contribution in [-0.4, -0.2) is 145 Å². The maximum atomic E-state index is 12.0. The van der Waals surface area contributed by atoms with E-state index in [1.807, 2.05) is 0 Å². The monoisotopic (exact) mass is 758 g/mol. The molecule has 306 valence electrons. The van der Waals surface area contributed by atoms with E-state index in [0.29, 0.717) is 42.9 Å². The van der Waals surface area contributed by atoms with Crippen LogP contribution in [0.15, 0.2) is 0 Å². The van der Waals surface area contributed by atoms with Gasteiger partial charge in [-0.05, 0) is 91.8 Å². The standard InChI is InChI=1S/C39H66O14/c1-17(2)8-13-39(48)18(3)25-33(53-39)29(44)26-21-7-6-19-14-20(9-11-37(19,4)22(21)10-12-38(25,26)5)49-36-34(31(46)28(43)24(16-41)51-36)52-35-32(47)30(45)27(42)23(15-40)50-35/h17-36,40-48H,6-16H2,1-5H3/t18-,19+,20+,21?,22?,23+,24+,25-,26?,27+,28-,29+,30-,31-,32+,33+,34+,35-,36+,37-,38+,39+/m1/s1. The smallest absolute Gasteiger partial charge is 0.187 e. The molecule has 9 N–H and O–H groups in total. The second-order valence-electron chi connectivity index (χ2n) is 18.8. The molecule has 4 aliphatic carbocycles. The zero-order valence-corrected chi connectivity index (χ0v) is 31.9. The van der Waals surface area contributed by atoms with E-state index < -0.39 is 86.5 Å². The molecule has 7 rings (SSSR count). The third-order valence-electron chi connectivity index (χ3n) is 15.7. The second kappa shape index (κ2) is 15.0. The minimum absolute atomic E-state index is 0.00892. The average molecular weight is 759 g/mol. The highest BCUT2D eigenvalue weighted by atomic mass is 16.8. The fraction of sp³-hybridized carbons (Fsp3) is 1.00. The molecule has 4 saturated carbocycles. The van der Waals surface area contributed by atoms with Gasteiger partial charge in [-0.2, -0.15) is 0 Å². The predicted molar refractivity (Wildman–Crippen MR) is 186 cm³/mol. The summed E-state index contributed by atoms with van der Waals surface area (Å²) in [6.07, 6.45) is -8.50. The molecule has 14 nitrogen and oxygen atoms in total. The number of hydrogen-bond donors (Lipinski definition) is 9. The molecular formula is C39H66O14. The topological polar surface area (TPSA) is 228 Å². The van der Waals surface area contributed by atoms with Crippen LogP contribution >= 0.6 is 0 Å². The fourth-order valence-corrected chi connectivity index (χ4v) is 12.7. The molecule has 7 aliphatic rings. The van der Waals surface area contributed by atoms with Gasteiger partial charge in [0.2, 0.25) is 0 Å². The lowest BCUT2D eigenvalue weighted by Crippen LogP contribution is -2.65. The Balaban J connectivity index is 1.04. The van der Waals surface area contributed by atoms with Gasteiger partial charge in [0.15, 0.2) is 18.4 Å². The first kappa shape index (κ1) is 40.6. The van der Waals surface area contributed by atoms with Gasteiger partial charge in [0.05, 0.1) is 31.5 Å². The van der Waals surface area contributed by atoms with Gasteiger partial charge in [0, 0.05) is 18.3 Å². The first-order chi connectivity index (χ1) is 25.0. The van der Waals surface area contributed by atoms with Crippen molar-refractivity contribution in [3.8, 4) is 0 Å². The Labute approximate surface area is 312 Å². The molecule has 7 fully saturated rings. The normalized spacial score (nSPS) is 56.8. The number of aliphatic hydroxyl groups excluding tert-OH is 8. The van der Waals surface area contributed by atoms with Gasteiger partial charge in [-0.1, -0.05) is 34.6 Å². The van der Waals surface area contributed by atoms with Gasteiger partial charge in [-0.15, -0.1) is 0 Å². The molecule has 3 heterocycles. The molecule has 0 aromatic heterocycles. The highest BCUT2D eigenvalue weighted by Gasteiger charge is 2.71. The number of rotatable bonds is 9. The van der Waals surface area contributed by atoms with Crippen molar-refractivity contribution in [1.82, 2.24) is 0 Å². The molecule has 53 heavy (non-hydrogen) atoms. The molecule has 3 aliphatic heterocycles. The van der Waals surface area contributed by atoms with Crippen LogP contribution in [0.5, 0.6) is 0 Å². The van der Waals surface area contributed by atoms with Crippen molar-refractivity contribution in [2.24, 2.45) is 52.3 Å². The molecular weight excluding hydrogens is 692 g/mol. The zero-order chi connectivity index (χ0) is 38.4. The Bertz CT molecular complexity index is 1270. The largest absolute Gasteiger partial charge is 0.394 e. The molecule has 3 unspecified atom stereocenters. The molecule has 3 saturated heterocycles. The molecule has 0 aromatic carbocycles. The predicted octanol–water partition coefficient (Wildman–Crippen LogP) is 0.395. The summed E-state index contributed by atoms with van der Waals surface area (Å²) in [5.41, 5.74) is -0.117. The maximum Gasteiger partial charge on any atom is 0.187 e. The summed E-state index contributed by atoms with van der Waals surface area (Å²) >= 11 is 0. The van der Waals surface area contributed by atoms with E-state index in [1.165, 1.54) is 0 Å². The van der Waals surface area contributed by atoms with E-state index in [2.05, 4.69) is 34.6 Å². The first-order valence-corrected chi connectivity index (χ1v) is 20.3. The number of hydrogen-bond acceptors (Lipinski definition) is 14. The number of fused-ring (bicyclic) bond motifs is 7. The lowest BCUT2D eigenvalue weighted by molar-refractivity contribution is -0.373. The van der Waals surface area contributed by atoms with Crippen LogP contribution in [0.1, 0.15) is 92.4 Å². The van der Waals surface area contributed by atoms with Crippen molar-refractivity contribution < 1.29 is 69.6 Å². The Morgan fingerprint density at radius 1 is 0.717 bits per heavy atom. The lowest BCUT2D eigenvalue weighted by Gasteiger charge is -2.61. The summed E-state index contributed by atoms with van der Waals surface area (Å²) in [5.74, 6) is 0.445. The Morgan fingerprint density at radius 2 is 1.36 bits per heavy atom. The fourth-order valence-electron chi connectivity index (χ4n) is 12.7. The van der Waals surface area contributed by atoms with E-state index in [0.717, 1.165) is 38.5 Å². The summed E-state index contributed by atoms with van der Waals surface area (Å²) in [6.45, 7) is 9.90. The zero-order valence-electron chi connectivity index (χ0n) is 31.9. The van der Waals surface area contributed by atoms with E-state index >= 15 is 0 Å². The van der Waals surface area contributed by atoms with E-state index in [4.69, 9.17) is 23.7 Å². The van der Waals surface area contributed by atoms with Crippen molar-refractivity contribution in [2.45, 2.75) is 178 Å². The van der Waals surface area contributed by atoms with Crippen LogP contribution in [0.3, 0.4) is 0 Å². The maximum absolute atomic E-state index is 12.0. The quantitative estimate of drug-likeness (QED) is 0.145. The van der Waals surface area contributed by atoms with Crippen LogP contribution in [0.4, 0.5) is 0 Å². The highest BCUT2D eigenvalue weighted by Crippen LogP contribution is 2.71. The van der Waals surface area contributed by atoms with Crippen LogP contribution in [0.25, 0.3) is 0 Å². The minimum Gasteiger partial charge on any atom is -0.394 e. The van der Waals surface area contributed by atoms with Crippen LogP contribution in [-0.2, 0) is 23.7 Å². The molecule has 0 bridgehead atoms. The summed E-state index contributed by atoms with van der Waals surface area (Å²) in [6, 6.07) is 0. The summed E-state index contributed by atoms with van der Waals surface area (Å²) in [4.78, 5) is 0. The minimum atomic E-state index is -1.74. The van der Waals surface area contributed by atoms with Crippen molar-refractivity contribution in [3.05, 3.63) is 0 Å². The van der Waals surface area contributed by atoms with Gasteiger partial charge in [0.1, 0.15) is 48.8 Å². The molecule has 0 radical (unpaired) electrons. The van der Waals surface area contributed by atoms with Crippen LogP contribution < -0.4 is 0 Å². The SMILES string of the molecule is CC(C)CC[C@]1(O)O[C@H]2[C@@H]([C@H]1C)[C@]1(C)CCC3C(CC[C@H]4C[C@@H](O[C@H]5O[C@@H](CO)[C@@H](O)[C@@H](O)[C@@H]5O[C@H]5O[C@@H](CO)[C@H](O)[C@@H](O)[C@@H]5O)CC[C@@]34C)C1[C@@H]2O. The lowest BCUT2D eigenvalue weighted by atomic mass is 9.44. The van der Waals surface area contributed by atoms with Gasteiger partial charge in [-0.25, -0.2) is 0 Å². The third kappa shape index (κ3) is 6.66. The Kier molecular flexibility index (Phi) is 11.5. The summed E-state index contributed by atoms with van der Waals surface area (Å²) in [7, 11) is 0. The van der Waals surface area contributed by atoms with E-state index in [-0.39, 0.29) is 40.8 Å². The van der Waals surface area contributed by atoms with Gasteiger partial charge >= 0.3 is 0 Å². The third-order valence-corrected chi connectivity index (χ3v) is 15.7. The van der Waals surface area contributed by atoms with Crippen molar-refractivity contribution in [3.63, 3.8) is 0 Å². The molecule has 22 atom stereocenters. The Morgan fingerprint density at radius 3 is 2.02 bits per heavy atom. The molecule has 0 amide bonds. The van der Waals surface area contributed by atoms with Crippen LogP contribution in [0, 0.1) is 52.3 Å². The number of aliphatic hydroxyl groups is 9. The average Bonchev–Trinajstić information content (AvgIpc) is 3.52. The summed E-state index contributed by atoms with van der Waals surface area (Å²) < 4.78 is 30.4. The highest BCUT2D eigenvalue weighted by molar-refractivity contribution is 5.18. The van der Waals surface area contributed by atoms with Gasteiger partial charge in [-0.3, -0.25) is 0 Å². The molecule has 14 heteroatoms. The van der Waals surface area contributed by atoms with Crippen molar-refractivity contribution in [2.75, 3.05) is 13.2 Å². The Hall–Kier alpha value is -0.560. The van der Waals surface area contributed by atoms with Gasteiger partial charge < -0.3 is 69.6 Å². The molecule has 0 aromatic rings. The summed E-state index contributed by atoms with van der Waals surface area (Å²) in [5, 5.41) is 96.3.